The molecular formula is C11H21N5O2. The maximum absolute atomic E-state index is 11.5. The molecule has 0 aliphatic carbocycles. The van der Waals surface area contributed by atoms with E-state index in [1.807, 2.05) is 27.7 Å². The van der Waals surface area contributed by atoms with Gasteiger partial charge in [-0.25, -0.2) is 4.79 Å². The highest BCUT2D eigenvalue weighted by Crippen LogP contribution is 2.06. The zero-order valence-electron chi connectivity index (χ0n) is 11.3. The summed E-state index contributed by atoms with van der Waals surface area (Å²) in [5.41, 5.74) is 5.66. The summed E-state index contributed by atoms with van der Waals surface area (Å²) in [6, 6.07) is -0.104. The molecule has 1 rings (SSSR count). The van der Waals surface area contributed by atoms with Gasteiger partial charge in [-0.1, -0.05) is 5.21 Å². The number of aromatic nitrogens is 3. The van der Waals surface area contributed by atoms with Gasteiger partial charge in [-0.2, -0.15) is 0 Å². The summed E-state index contributed by atoms with van der Waals surface area (Å²) in [6.07, 6.45) is 1.32. The summed E-state index contributed by atoms with van der Waals surface area (Å²) in [7, 11) is 0. The predicted octanol–water partition coefficient (Wildman–Crippen LogP) is 0.650. The van der Waals surface area contributed by atoms with E-state index in [2.05, 4.69) is 15.6 Å². The molecular weight excluding hydrogens is 234 g/mol. The van der Waals surface area contributed by atoms with E-state index in [4.69, 9.17) is 10.5 Å². The molecule has 0 aromatic carbocycles. The maximum atomic E-state index is 11.5. The normalized spacial score (nSPS) is 13.2. The topological polar surface area (TPSA) is 95.1 Å². The van der Waals surface area contributed by atoms with Gasteiger partial charge in [-0.15, -0.1) is 5.10 Å². The van der Waals surface area contributed by atoms with Crippen molar-refractivity contribution < 1.29 is 9.53 Å². The molecule has 18 heavy (non-hydrogen) atoms. The highest BCUT2D eigenvalue weighted by atomic mass is 16.6. The molecule has 0 aliphatic rings. The zero-order valence-corrected chi connectivity index (χ0v) is 11.3. The largest absolute Gasteiger partial charge is 0.444 e. The molecule has 1 atom stereocenters. The van der Waals surface area contributed by atoms with E-state index in [0.717, 1.165) is 5.69 Å². The Hall–Kier alpha value is -1.63. The number of carbonyl (C=O) groups is 1. The minimum atomic E-state index is -0.496. The average molecular weight is 255 g/mol. The molecule has 3 N–H and O–H groups in total. The first-order chi connectivity index (χ1) is 8.30. The Balaban J connectivity index is 2.41. The molecule has 1 aromatic heterocycles. The van der Waals surface area contributed by atoms with Crippen LogP contribution in [-0.4, -0.2) is 32.7 Å². The minimum Gasteiger partial charge on any atom is -0.444 e. The molecule has 7 nitrogen and oxygen atoms in total. The van der Waals surface area contributed by atoms with E-state index >= 15 is 0 Å². The first-order valence-corrected chi connectivity index (χ1v) is 5.89. The van der Waals surface area contributed by atoms with E-state index in [9.17, 15) is 4.79 Å². The second-order valence-corrected chi connectivity index (χ2v) is 5.18. The summed E-state index contributed by atoms with van der Waals surface area (Å²) in [4.78, 5) is 11.5. The summed E-state index contributed by atoms with van der Waals surface area (Å²) in [5.74, 6) is 0. The van der Waals surface area contributed by atoms with Crippen LogP contribution in [0.25, 0.3) is 0 Å². The van der Waals surface area contributed by atoms with E-state index < -0.39 is 11.7 Å². The lowest BCUT2D eigenvalue weighted by atomic mass is 10.2. The molecule has 1 amide bonds. The lowest BCUT2D eigenvalue weighted by Crippen LogP contribution is -2.39. The molecule has 0 bridgehead atoms. The molecule has 1 heterocycles. The van der Waals surface area contributed by atoms with Gasteiger partial charge in [0.15, 0.2) is 0 Å². The van der Waals surface area contributed by atoms with Crippen LogP contribution in [0.15, 0.2) is 6.20 Å². The van der Waals surface area contributed by atoms with Crippen LogP contribution in [0.1, 0.15) is 33.4 Å². The van der Waals surface area contributed by atoms with Gasteiger partial charge in [-0.05, 0) is 27.7 Å². The molecule has 0 spiro atoms. The Bertz CT molecular complexity index is 396. The third-order valence-corrected chi connectivity index (χ3v) is 2.02. The molecule has 0 saturated carbocycles. The highest BCUT2D eigenvalue weighted by molar-refractivity contribution is 5.67. The van der Waals surface area contributed by atoms with Gasteiger partial charge in [0.05, 0.1) is 12.2 Å². The van der Waals surface area contributed by atoms with E-state index in [1.54, 1.807) is 10.9 Å². The lowest BCUT2D eigenvalue weighted by molar-refractivity contribution is 0.0503. The molecule has 0 unspecified atom stereocenters. The van der Waals surface area contributed by atoms with E-state index in [1.165, 1.54) is 0 Å². The Morgan fingerprint density at radius 1 is 1.61 bits per heavy atom. The van der Waals surface area contributed by atoms with Crippen LogP contribution in [0.3, 0.4) is 0 Å². The lowest BCUT2D eigenvalue weighted by Gasteiger charge is -2.21. The molecule has 102 valence electrons. The molecule has 0 aliphatic heterocycles. The monoisotopic (exact) mass is 255 g/mol. The Kier molecular flexibility index (Phi) is 4.66. The Labute approximate surface area is 107 Å². The Morgan fingerprint density at radius 3 is 2.78 bits per heavy atom. The minimum absolute atomic E-state index is 0.104. The third kappa shape index (κ3) is 5.13. The fourth-order valence-electron chi connectivity index (χ4n) is 1.36. The van der Waals surface area contributed by atoms with Crippen LogP contribution in [-0.2, 0) is 17.8 Å². The average Bonchev–Trinajstić information content (AvgIpc) is 2.61. The Morgan fingerprint density at radius 2 is 2.28 bits per heavy atom. The van der Waals surface area contributed by atoms with Crippen LogP contribution in [0.5, 0.6) is 0 Å². The van der Waals surface area contributed by atoms with Gasteiger partial charge in [0, 0.05) is 18.8 Å². The van der Waals surface area contributed by atoms with Gasteiger partial charge in [0.2, 0.25) is 0 Å². The van der Waals surface area contributed by atoms with Crippen LogP contribution in [0.2, 0.25) is 0 Å². The van der Waals surface area contributed by atoms with E-state index in [0.29, 0.717) is 13.1 Å². The first-order valence-electron chi connectivity index (χ1n) is 5.89. The molecule has 0 saturated heterocycles. The van der Waals surface area contributed by atoms with Gasteiger partial charge in [-0.3, -0.25) is 4.68 Å². The van der Waals surface area contributed by atoms with Crippen molar-refractivity contribution in [3.05, 3.63) is 11.9 Å². The molecule has 1 aromatic rings. The first kappa shape index (κ1) is 14.4. The molecule has 0 radical (unpaired) electrons. The summed E-state index contributed by atoms with van der Waals surface area (Å²) in [6.45, 7) is 8.21. The highest BCUT2D eigenvalue weighted by Gasteiger charge is 2.17. The number of hydrogen-bond donors (Lipinski definition) is 2. The summed E-state index contributed by atoms with van der Waals surface area (Å²) >= 11 is 0. The van der Waals surface area contributed by atoms with Crippen molar-refractivity contribution in [2.24, 2.45) is 5.73 Å². The van der Waals surface area contributed by atoms with Crippen LogP contribution < -0.4 is 11.1 Å². The standard InChI is InChI=1S/C11H21N5O2/c1-8(13-10(17)18-11(2,3)4)6-16-7-9(5-12)14-15-16/h7-8H,5-6,12H2,1-4H3,(H,13,17)/t8-/m1/s1. The second-order valence-electron chi connectivity index (χ2n) is 5.18. The van der Waals surface area contributed by atoms with Crippen molar-refractivity contribution in [1.29, 1.82) is 0 Å². The van der Waals surface area contributed by atoms with Gasteiger partial charge in [0.25, 0.3) is 0 Å². The van der Waals surface area contributed by atoms with Crippen molar-refractivity contribution in [1.82, 2.24) is 20.3 Å². The number of amides is 1. The number of ether oxygens (including phenoxy) is 1. The summed E-state index contributed by atoms with van der Waals surface area (Å²) < 4.78 is 6.80. The smallest absolute Gasteiger partial charge is 0.407 e. The van der Waals surface area contributed by atoms with Crippen LogP contribution >= 0.6 is 0 Å². The van der Waals surface area contributed by atoms with Gasteiger partial charge >= 0.3 is 6.09 Å². The summed E-state index contributed by atoms with van der Waals surface area (Å²) in [5, 5.41) is 10.5. The van der Waals surface area contributed by atoms with E-state index in [-0.39, 0.29) is 6.04 Å². The zero-order chi connectivity index (χ0) is 13.8. The number of nitrogens with one attached hydrogen (secondary N) is 1. The van der Waals surface area contributed by atoms with Crippen LogP contribution in [0.4, 0.5) is 4.79 Å². The number of nitrogens with two attached hydrogens (primary N) is 1. The van der Waals surface area contributed by atoms with Gasteiger partial charge in [0.1, 0.15) is 5.60 Å². The van der Waals surface area contributed by atoms with Crippen molar-refractivity contribution >= 4 is 6.09 Å². The number of hydrogen-bond acceptors (Lipinski definition) is 5. The quantitative estimate of drug-likeness (QED) is 0.823. The molecule has 7 heteroatoms. The van der Waals surface area contributed by atoms with Crippen LogP contribution in [0, 0.1) is 0 Å². The second kappa shape index (κ2) is 5.81. The number of nitrogens with zero attached hydrogens (tertiary/aromatic N) is 3. The fourth-order valence-corrected chi connectivity index (χ4v) is 1.36. The van der Waals surface area contributed by atoms with Crippen molar-refractivity contribution in [3.63, 3.8) is 0 Å². The predicted molar refractivity (Wildman–Crippen MR) is 66.7 cm³/mol. The van der Waals surface area contributed by atoms with Crippen molar-refractivity contribution in [2.45, 2.75) is 52.4 Å². The fraction of sp³-hybridized carbons (Fsp3) is 0.727. The molecule has 0 fully saturated rings. The van der Waals surface area contributed by atoms with Gasteiger partial charge < -0.3 is 15.8 Å². The number of rotatable bonds is 4. The number of alkyl carbamates (subject to hydrolysis) is 1. The number of carbonyl (C=O) groups excluding carboxylic acids is 1. The van der Waals surface area contributed by atoms with Crippen molar-refractivity contribution in [2.75, 3.05) is 0 Å². The van der Waals surface area contributed by atoms with Crippen molar-refractivity contribution in [3.8, 4) is 0 Å². The third-order valence-electron chi connectivity index (χ3n) is 2.02. The SMILES string of the molecule is C[C@H](Cn1cc(CN)nn1)NC(=O)OC(C)(C)C. The maximum Gasteiger partial charge on any atom is 0.407 e.